The molecule has 1 amide bonds. The lowest BCUT2D eigenvalue weighted by molar-refractivity contribution is -0.144. The van der Waals surface area contributed by atoms with Gasteiger partial charge in [0.1, 0.15) is 6.54 Å². The first-order valence-electron chi connectivity index (χ1n) is 5.13. The summed E-state index contributed by atoms with van der Waals surface area (Å²) in [4.78, 5) is 21.8. The van der Waals surface area contributed by atoms with Crippen molar-refractivity contribution >= 4 is 11.9 Å². The van der Waals surface area contributed by atoms with Crippen LogP contribution in [0.25, 0.3) is 0 Å². The molecule has 0 aromatic heterocycles. The SMILES string of the molecule is CCCCCOC(=O)CNC(=O)CC. The van der Waals surface area contributed by atoms with Crippen LogP contribution < -0.4 is 5.32 Å². The molecule has 82 valence electrons. The smallest absolute Gasteiger partial charge is 0.325 e. The Morgan fingerprint density at radius 2 is 1.93 bits per heavy atom. The van der Waals surface area contributed by atoms with E-state index in [2.05, 4.69) is 12.2 Å². The van der Waals surface area contributed by atoms with Gasteiger partial charge in [0, 0.05) is 6.42 Å². The molecule has 0 unspecified atom stereocenters. The minimum Gasteiger partial charge on any atom is -0.464 e. The number of nitrogens with one attached hydrogen (secondary N) is 1. The second kappa shape index (κ2) is 8.53. The molecular weight excluding hydrogens is 182 g/mol. The largest absolute Gasteiger partial charge is 0.464 e. The van der Waals surface area contributed by atoms with E-state index in [-0.39, 0.29) is 18.4 Å². The normalized spacial score (nSPS) is 9.57. The summed E-state index contributed by atoms with van der Waals surface area (Å²) in [6.07, 6.45) is 3.45. The van der Waals surface area contributed by atoms with Crippen molar-refractivity contribution in [3.63, 3.8) is 0 Å². The summed E-state index contributed by atoms with van der Waals surface area (Å²) < 4.78 is 4.89. The lowest BCUT2D eigenvalue weighted by Crippen LogP contribution is -2.30. The Bertz CT molecular complexity index is 180. The van der Waals surface area contributed by atoms with Crippen LogP contribution in [0.15, 0.2) is 0 Å². The van der Waals surface area contributed by atoms with Gasteiger partial charge in [0.15, 0.2) is 0 Å². The van der Waals surface area contributed by atoms with Crippen LogP contribution in [-0.2, 0) is 14.3 Å². The molecule has 0 aliphatic heterocycles. The number of amides is 1. The minimum atomic E-state index is -0.358. The van der Waals surface area contributed by atoms with Crippen LogP contribution in [0.1, 0.15) is 39.5 Å². The van der Waals surface area contributed by atoms with E-state index in [4.69, 9.17) is 4.74 Å². The third kappa shape index (κ3) is 7.58. The molecule has 0 heterocycles. The van der Waals surface area contributed by atoms with Gasteiger partial charge in [-0.3, -0.25) is 9.59 Å². The summed E-state index contributed by atoms with van der Waals surface area (Å²) in [7, 11) is 0. The van der Waals surface area contributed by atoms with Crippen molar-refractivity contribution in [3.05, 3.63) is 0 Å². The molecule has 14 heavy (non-hydrogen) atoms. The van der Waals surface area contributed by atoms with Gasteiger partial charge in [0.2, 0.25) is 5.91 Å². The third-order valence-corrected chi connectivity index (χ3v) is 1.76. The topological polar surface area (TPSA) is 55.4 Å². The molecule has 0 aliphatic carbocycles. The number of ether oxygens (including phenoxy) is 1. The summed E-state index contributed by atoms with van der Waals surface area (Å²) in [5, 5.41) is 2.46. The molecule has 0 spiro atoms. The van der Waals surface area contributed by atoms with Gasteiger partial charge in [-0.1, -0.05) is 26.7 Å². The van der Waals surface area contributed by atoms with Crippen LogP contribution in [-0.4, -0.2) is 25.0 Å². The fourth-order valence-corrected chi connectivity index (χ4v) is 0.885. The molecule has 0 aliphatic rings. The predicted molar refractivity (Wildman–Crippen MR) is 53.8 cm³/mol. The highest BCUT2D eigenvalue weighted by atomic mass is 16.5. The Kier molecular flexibility index (Phi) is 7.89. The number of hydrogen-bond donors (Lipinski definition) is 1. The molecule has 0 bridgehead atoms. The highest BCUT2D eigenvalue weighted by Crippen LogP contribution is 1.94. The Balaban J connectivity index is 3.32. The van der Waals surface area contributed by atoms with Crippen LogP contribution in [0.3, 0.4) is 0 Å². The Labute approximate surface area is 85.0 Å². The molecule has 0 aromatic carbocycles. The van der Waals surface area contributed by atoms with Gasteiger partial charge in [-0.05, 0) is 6.42 Å². The molecule has 1 N–H and O–H groups in total. The fraction of sp³-hybridized carbons (Fsp3) is 0.800. The Morgan fingerprint density at radius 1 is 1.21 bits per heavy atom. The number of carbonyl (C=O) groups excluding carboxylic acids is 2. The quantitative estimate of drug-likeness (QED) is 0.498. The molecule has 0 radical (unpaired) electrons. The highest BCUT2D eigenvalue weighted by molar-refractivity contribution is 5.81. The molecule has 0 aromatic rings. The van der Waals surface area contributed by atoms with E-state index in [9.17, 15) is 9.59 Å². The maximum atomic E-state index is 11.0. The van der Waals surface area contributed by atoms with E-state index < -0.39 is 0 Å². The summed E-state index contributed by atoms with van der Waals surface area (Å²) >= 11 is 0. The number of carbonyl (C=O) groups is 2. The van der Waals surface area contributed by atoms with Gasteiger partial charge >= 0.3 is 5.97 Å². The molecule has 0 saturated heterocycles. The standard InChI is InChI=1S/C10H19NO3/c1-3-5-6-7-14-10(13)8-11-9(12)4-2/h3-8H2,1-2H3,(H,11,12). The van der Waals surface area contributed by atoms with E-state index in [0.29, 0.717) is 13.0 Å². The molecule has 0 saturated carbocycles. The van der Waals surface area contributed by atoms with Crippen LogP contribution >= 0.6 is 0 Å². The summed E-state index contributed by atoms with van der Waals surface area (Å²) in [5.41, 5.74) is 0. The molecule has 0 fully saturated rings. The first kappa shape index (κ1) is 12.9. The Hall–Kier alpha value is -1.06. The summed E-state index contributed by atoms with van der Waals surface area (Å²) in [6, 6.07) is 0. The van der Waals surface area contributed by atoms with Crippen molar-refractivity contribution in [1.29, 1.82) is 0 Å². The second-order valence-electron chi connectivity index (χ2n) is 3.06. The number of rotatable bonds is 7. The monoisotopic (exact) mass is 201 g/mol. The van der Waals surface area contributed by atoms with Crippen molar-refractivity contribution in [2.24, 2.45) is 0 Å². The van der Waals surface area contributed by atoms with Crippen molar-refractivity contribution in [3.8, 4) is 0 Å². The first-order valence-corrected chi connectivity index (χ1v) is 5.13. The lowest BCUT2D eigenvalue weighted by atomic mass is 10.3. The van der Waals surface area contributed by atoms with Crippen LogP contribution in [0, 0.1) is 0 Å². The number of esters is 1. The van der Waals surface area contributed by atoms with Gasteiger partial charge in [0.05, 0.1) is 6.61 Å². The fourth-order valence-electron chi connectivity index (χ4n) is 0.885. The van der Waals surface area contributed by atoms with Crippen molar-refractivity contribution in [2.75, 3.05) is 13.2 Å². The minimum absolute atomic E-state index is 0.0151. The van der Waals surface area contributed by atoms with Gasteiger partial charge < -0.3 is 10.1 Å². The second-order valence-corrected chi connectivity index (χ2v) is 3.06. The average Bonchev–Trinajstić information content (AvgIpc) is 2.21. The van der Waals surface area contributed by atoms with Gasteiger partial charge in [0.25, 0.3) is 0 Å². The summed E-state index contributed by atoms with van der Waals surface area (Å²) in [6.45, 7) is 4.26. The Morgan fingerprint density at radius 3 is 2.50 bits per heavy atom. The molecule has 4 nitrogen and oxygen atoms in total. The van der Waals surface area contributed by atoms with Gasteiger partial charge in [-0.15, -0.1) is 0 Å². The molecule has 0 atom stereocenters. The van der Waals surface area contributed by atoms with E-state index in [1.165, 1.54) is 0 Å². The highest BCUT2D eigenvalue weighted by Gasteiger charge is 2.03. The maximum Gasteiger partial charge on any atom is 0.325 e. The van der Waals surface area contributed by atoms with E-state index in [1.54, 1.807) is 6.92 Å². The van der Waals surface area contributed by atoms with E-state index in [1.807, 2.05) is 0 Å². The van der Waals surface area contributed by atoms with Gasteiger partial charge in [-0.25, -0.2) is 0 Å². The van der Waals surface area contributed by atoms with Crippen molar-refractivity contribution < 1.29 is 14.3 Å². The van der Waals surface area contributed by atoms with E-state index in [0.717, 1.165) is 19.3 Å². The molecular formula is C10H19NO3. The van der Waals surface area contributed by atoms with E-state index >= 15 is 0 Å². The van der Waals surface area contributed by atoms with Crippen molar-refractivity contribution in [2.45, 2.75) is 39.5 Å². The number of unbranched alkanes of at least 4 members (excludes halogenated alkanes) is 2. The predicted octanol–water partition coefficient (Wildman–Crippen LogP) is 1.25. The van der Waals surface area contributed by atoms with Crippen molar-refractivity contribution in [1.82, 2.24) is 5.32 Å². The first-order chi connectivity index (χ1) is 6.70. The zero-order valence-corrected chi connectivity index (χ0v) is 8.97. The molecule has 0 rings (SSSR count). The summed E-state index contributed by atoms with van der Waals surface area (Å²) in [5.74, 6) is -0.488. The van der Waals surface area contributed by atoms with Crippen LogP contribution in [0.2, 0.25) is 0 Å². The van der Waals surface area contributed by atoms with Crippen LogP contribution in [0.5, 0.6) is 0 Å². The lowest BCUT2D eigenvalue weighted by Gasteiger charge is -2.04. The third-order valence-electron chi connectivity index (χ3n) is 1.76. The molecule has 4 heteroatoms. The van der Waals surface area contributed by atoms with Crippen LogP contribution in [0.4, 0.5) is 0 Å². The zero-order chi connectivity index (χ0) is 10.8. The van der Waals surface area contributed by atoms with Gasteiger partial charge in [-0.2, -0.15) is 0 Å². The zero-order valence-electron chi connectivity index (χ0n) is 8.97. The number of hydrogen-bond acceptors (Lipinski definition) is 3. The maximum absolute atomic E-state index is 11.0. The average molecular weight is 201 g/mol.